The van der Waals surface area contributed by atoms with Crippen LogP contribution < -0.4 is 10.5 Å². The number of benzene rings is 1. The Bertz CT molecular complexity index is 689. The molecule has 0 aromatic heterocycles. The number of sulfonamides is 1. The zero-order valence-corrected chi connectivity index (χ0v) is 13.5. The summed E-state index contributed by atoms with van der Waals surface area (Å²) in [5.41, 5.74) is -0.252. The average molecular weight is 351 g/mol. The molecule has 22 heavy (non-hydrogen) atoms. The lowest BCUT2D eigenvalue weighted by Crippen LogP contribution is -2.19. The molecule has 10 heteroatoms. The van der Waals surface area contributed by atoms with Crippen LogP contribution in [0.4, 0.5) is 10.5 Å². The maximum Gasteiger partial charge on any atom is 0.411 e. The first-order chi connectivity index (χ1) is 10.2. The number of anilines is 1. The number of primary sulfonamides is 1. The van der Waals surface area contributed by atoms with Gasteiger partial charge in [0, 0.05) is 0 Å². The molecule has 0 aliphatic heterocycles. The quantitative estimate of drug-likeness (QED) is 0.779. The number of carbonyl (C=O) groups excluding carboxylic acids is 2. The van der Waals surface area contributed by atoms with Crippen LogP contribution in [-0.2, 0) is 19.5 Å². The molecule has 0 bridgehead atoms. The van der Waals surface area contributed by atoms with E-state index >= 15 is 0 Å². The van der Waals surface area contributed by atoms with Gasteiger partial charge in [-0.3, -0.25) is 5.32 Å². The summed E-state index contributed by atoms with van der Waals surface area (Å²) in [5, 5.41) is 7.06. The molecule has 1 amide bonds. The van der Waals surface area contributed by atoms with Crippen molar-refractivity contribution < 1.29 is 27.5 Å². The van der Waals surface area contributed by atoms with E-state index in [0.717, 1.165) is 12.1 Å². The average Bonchev–Trinajstić information content (AvgIpc) is 2.37. The standard InChI is InChI=1S/C12H15ClN2O6S/c1-3-20-11(16)7-5-10(22(14,18)19)8(13)6-9(7)15-12(17)21-4-2/h5-6H,3-4H2,1-2H3,(H,15,17)(H2,14,18,19). The zero-order valence-electron chi connectivity index (χ0n) is 11.9. The Labute approximate surface area is 132 Å². The molecule has 0 saturated heterocycles. The number of nitrogens with one attached hydrogen (secondary N) is 1. The van der Waals surface area contributed by atoms with Crippen molar-refractivity contribution >= 4 is 39.4 Å². The van der Waals surface area contributed by atoms with Crippen molar-refractivity contribution in [3.05, 3.63) is 22.7 Å². The van der Waals surface area contributed by atoms with Crippen LogP contribution in [0.5, 0.6) is 0 Å². The SMILES string of the molecule is CCOC(=O)Nc1cc(Cl)c(S(N)(=O)=O)cc1C(=O)OCC. The molecule has 0 spiro atoms. The van der Waals surface area contributed by atoms with Crippen molar-refractivity contribution in [2.24, 2.45) is 5.14 Å². The maximum absolute atomic E-state index is 11.9. The summed E-state index contributed by atoms with van der Waals surface area (Å²) < 4.78 is 32.4. The highest BCUT2D eigenvalue weighted by Gasteiger charge is 2.22. The van der Waals surface area contributed by atoms with Gasteiger partial charge in [0.05, 0.1) is 29.5 Å². The van der Waals surface area contributed by atoms with Gasteiger partial charge in [-0.05, 0) is 26.0 Å². The molecule has 0 radical (unpaired) electrons. The van der Waals surface area contributed by atoms with Crippen LogP contribution in [0.3, 0.4) is 0 Å². The summed E-state index contributed by atoms with van der Waals surface area (Å²) in [6, 6.07) is 2.03. The van der Waals surface area contributed by atoms with Crippen LogP contribution in [0, 0.1) is 0 Å². The van der Waals surface area contributed by atoms with Crippen LogP contribution in [-0.4, -0.2) is 33.7 Å². The van der Waals surface area contributed by atoms with Gasteiger partial charge < -0.3 is 9.47 Å². The smallest absolute Gasteiger partial charge is 0.411 e. The molecule has 122 valence electrons. The van der Waals surface area contributed by atoms with Gasteiger partial charge in [-0.2, -0.15) is 0 Å². The molecule has 3 N–H and O–H groups in total. The van der Waals surface area contributed by atoms with Gasteiger partial charge in [-0.1, -0.05) is 11.6 Å². The lowest BCUT2D eigenvalue weighted by Gasteiger charge is -2.13. The number of esters is 1. The predicted octanol–water partition coefficient (Wildman–Crippen LogP) is 1.73. The molecule has 0 aliphatic carbocycles. The normalized spacial score (nSPS) is 10.9. The molecule has 0 fully saturated rings. The molecule has 1 aromatic carbocycles. The van der Waals surface area contributed by atoms with Gasteiger partial charge in [-0.15, -0.1) is 0 Å². The maximum atomic E-state index is 11.9. The number of rotatable bonds is 5. The predicted molar refractivity (Wildman–Crippen MR) is 79.4 cm³/mol. The minimum atomic E-state index is -4.14. The molecule has 0 unspecified atom stereocenters. The number of ether oxygens (including phenoxy) is 2. The Kier molecular flexibility index (Phi) is 6.15. The summed E-state index contributed by atoms with van der Waals surface area (Å²) in [6.07, 6.45) is -0.826. The van der Waals surface area contributed by atoms with Crippen molar-refractivity contribution in [1.82, 2.24) is 0 Å². The van der Waals surface area contributed by atoms with E-state index in [1.807, 2.05) is 0 Å². The zero-order chi connectivity index (χ0) is 16.9. The molecular weight excluding hydrogens is 336 g/mol. The third-order valence-electron chi connectivity index (χ3n) is 2.39. The number of amides is 1. The number of nitrogens with two attached hydrogens (primary N) is 1. The van der Waals surface area contributed by atoms with Gasteiger partial charge in [0.1, 0.15) is 4.90 Å². The molecule has 1 rings (SSSR count). The summed E-state index contributed by atoms with van der Waals surface area (Å²) in [4.78, 5) is 22.9. The van der Waals surface area contributed by atoms with Crippen molar-refractivity contribution in [2.45, 2.75) is 18.7 Å². The molecule has 0 heterocycles. The topological polar surface area (TPSA) is 125 Å². The lowest BCUT2D eigenvalue weighted by atomic mass is 10.2. The summed E-state index contributed by atoms with van der Waals surface area (Å²) in [5.74, 6) is -0.837. The van der Waals surface area contributed by atoms with Gasteiger partial charge in [0.15, 0.2) is 0 Å². The van der Waals surface area contributed by atoms with E-state index in [-0.39, 0.29) is 29.5 Å². The first-order valence-electron chi connectivity index (χ1n) is 6.17. The minimum absolute atomic E-state index is 0.0469. The molecule has 0 aliphatic rings. The monoisotopic (exact) mass is 350 g/mol. The molecule has 8 nitrogen and oxygen atoms in total. The number of hydrogen-bond donors (Lipinski definition) is 2. The highest BCUT2D eigenvalue weighted by atomic mass is 35.5. The fourth-order valence-electron chi connectivity index (χ4n) is 1.53. The number of hydrogen-bond acceptors (Lipinski definition) is 6. The van der Waals surface area contributed by atoms with Crippen LogP contribution in [0.15, 0.2) is 17.0 Å². The summed E-state index contributed by atoms with van der Waals surface area (Å²) in [7, 11) is -4.14. The van der Waals surface area contributed by atoms with Crippen molar-refractivity contribution in [1.29, 1.82) is 0 Å². The second kappa shape index (κ2) is 7.43. The Balaban J connectivity index is 3.38. The third kappa shape index (κ3) is 4.58. The largest absolute Gasteiger partial charge is 0.462 e. The summed E-state index contributed by atoms with van der Waals surface area (Å²) >= 11 is 5.82. The van der Waals surface area contributed by atoms with E-state index < -0.39 is 27.0 Å². The highest BCUT2D eigenvalue weighted by molar-refractivity contribution is 7.89. The van der Waals surface area contributed by atoms with E-state index in [4.69, 9.17) is 21.5 Å². The fraction of sp³-hybridized carbons (Fsp3) is 0.333. The first-order valence-corrected chi connectivity index (χ1v) is 8.10. The number of halogens is 1. The molecular formula is C12H15ClN2O6S. The van der Waals surface area contributed by atoms with Crippen LogP contribution in [0.2, 0.25) is 5.02 Å². The lowest BCUT2D eigenvalue weighted by molar-refractivity contribution is 0.0527. The first kappa shape index (κ1) is 18.2. The summed E-state index contributed by atoms with van der Waals surface area (Å²) in [6.45, 7) is 3.35. The van der Waals surface area contributed by atoms with Gasteiger partial charge >= 0.3 is 12.1 Å². The van der Waals surface area contributed by atoms with E-state index in [1.165, 1.54) is 0 Å². The van der Waals surface area contributed by atoms with Crippen LogP contribution in [0.25, 0.3) is 0 Å². The second-order valence-electron chi connectivity index (χ2n) is 3.94. The van der Waals surface area contributed by atoms with Crippen molar-refractivity contribution in [3.63, 3.8) is 0 Å². The van der Waals surface area contributed by atoms with Gasteiger partial charge in [0.25, 0.3) is 0 Å². The molecule has 1 aromatic rings. The minimum Gasteiger partial charge on any atom is -0.462 e. The fourth-order valence-corrected chi connectivity index (χ4v) is 2.63. The Hall–Kier alpha value is -1.84. The Morgan fingerprint density at radius 1 is 1.23 bits per heavy atom. The van der Waals surface area contributed by atoms with E-state index in [2.05, 4.69) is 10.1 Å². The van der Waals surface area contributed by atoms with Gasteiger partial charge in [-0.25, -0.2) is 23.1 Å². The Morgan fingerprint density at radius 2 is 1.82 bits per heavy atom. The second-order valence-corrected chi connectivity index (χ2v) is 5.88. The van der Waals surface area contributed by atoms with Crippen LogP contribution in [0.1, 0.15) is 24.2 Å². The van der Waals surface area contributed by atoms with E-state index in [9.17, 15) is 18.0 Å². The highest BCUT2D eigenvalue weighted by Crippen LogP contribution is 2.29. The van der Waals surface area contributed by atoms with E-state index in [0.29, 0.717) is 0 Å². The molecule has 0 saturated carbocycles. The third-order valence-corrected chi connectivity index (χ3v) is 3.76. The Morgan fingerprint density at radius 3 is 2.32 bits per heavy atom. The number of carbonyl (C=O) groups is 2. The molecule has 0 atom stereocenters. The van der Waals surface area contributed by atoms with Crippen molar-refractivity contribution in [2.75, 3.05) is 18.5 Å². The van der Waals surface area contributed by atoms with Crippen LogP contribution >= 0.6 is 11.6 Å². The van der Waals surface area contributed by atoms with Crippen molar-refractivity contribution in [3.8, 4) is 0 Å². The van der Waals surface area contributed by atoms with E-state index in [1.54, 1.807) is 13.8 Å². The van der Waals surface area contributed by atoms with Gasteiger partial charge in [0.2, 0.25) is 10.0 Å².